The molecule has 2 bridgehead atoms. The van der Waals surface area contributed by atoms with E-state index in [9.17, 15) is 9.18 Å². The van der Waals surface area contributed by atoms with Crippen molar-refractivity contribution in [1.29, 1.82) is 0 Å². The third-order valence-electron chi connectivity index (χ3n) is 5.68. The van der Waals surface area contributed by atoms with Gasteiger partial charge < -0.3 is 15.4 Å². The molecule has 1 aromatic carbocycles. The molecule has 1 aromatic rings. The van der Waals surface area contributed by atoms with Crippen molar-refractivity contribution in [3.8, 4) is 0 Å². The van der Waals surface area contributed by atoms with Gasteiger partial charge in [0.25, 0.3) is 0 Å². The predicted octanol–water partition coefficient (Wildman–Crippen LogP) is 1.60. The number of amides is 1. The van der Waals surface area contributed by atoms with E-state index in [1.807, 2.05) is 4.90 Å². The topological polar surface area (TPSA) is 53.6 Å². The van der Waals surface area contributed by atoms with Crippen molar-refractivity contribution >= 4 is 5.91 Å². The summed E-state index contributed by atoms with van der Waals surface area (Å²) >= 11 is 0. The molecule has 0 radical (unpaired) electrons. The summed E-state index contributed by atoms with van der Waals surface area (Å²) in [6.45, 7) is 2.44. The zero-order valence-electron chi connectivity index (χ0n) is 14.4. The van der Waals surface area contributed by atoms with Gasteiger partial charge in [0.05, 0.1) is 13.2 Å². The number of benzene rings is 1. The highest BCUT2D eigenvalue weighted by Gasteiger charge is 2.37. The number of piperidine rings is 1. The molecule has 136 valence electrons. The number of hydrogen-bond acceptors (Lipinski definition) is 4. The molecule has 3 aliphatic rings. The first-order chi connectivity index (χ1) is 12.2. The maximum absolute atomic E-state index is 14.4. The maximum atomic E-state index is 14.4. The lowest BCUT2D eigenvalue weighted by molar-refractivity contribution is -0.129. The Morgan fingerprint density at radius 3 is 2.56 bits per heavy atom. The molecule has 3 aliphatic heterocycles. The van der Waals surface area contributed by atoms with Gasteiger partial charge in [-0.25, -0.2) is 4.39 Å². The van der Waals surface area contributed by atoms with Crippen LogP contribution in [0.3, 0.4) is 0 Å². The van der Waals surface area contributed by atoms with Crippen molar-refractivity contribution < 1.29 is 13.9 Å². The van der Waals surface area contributed by atoms with Crippen molar-refractivity contribution in [2.75, 3.05) is 26.3 Å². The van der Waals surface area contributed by atoms with Crippen molar-refractivity contribution in [3.63, 3.8) is 0 Å². The molecule has 0 aliphatic carbocycles. The molecular formula is C19H26FN3O2. The second-order valence-electron chi connectivity index (χ2n) is 7.39. The van der Waals surface area contributed by atoms with Crippen LogP contribution in [0.2, 0.25) is 0 Å². The molecule has 4 rings (SSSR count). The van der Waals surface area contributed by atoms with E-state index in [1.54, 1.807) is 18.2 Å². The van der Waals surface area contributed by atoms with E-state index < -0.39 is 6.04 Å². The molecule has 6 heteroatoms. The van der Waals surface area contributed by atoms with Gasteiger partial charge in [-0.3, -0.25) is 9.69 Å². The summed E-state index contributed by atoms with van der Waals surface area (Å²) in [7, 11) is 0. The second-order valence-corrected chi connectivity index (χ2v) is 7.39. The van der Waals surface area contributed by atoms with Gasteiger partial charge in [-0.05, 0) is 31.7 Å². The fourth-order valence-corrected chi connectivity index (χ4v) is 4.49. The fraction of sp³-hybridized carbons (Fsp3) is 0.632. The van der Waals surface area contributed by atoms with Crippen LogP contribution in [0.4, 0.5) is 4.39 Å². The van der Waals surface area contributed by atoms with E-state index in [0.717, 1.165) is 12.8 Å². The van der Waals surface area contributed by atoms with Crippen LogP contribution in [0.15, 0.2) is 24.3 Å². The second kappa shape index (κ2) is 7.40. The molecular weight excluding hydrogens is 321 g/mol. The molecule has 0 saturated carbocycles. The lowest BCUT2D eigenvalue weighted by atomic mass is 9.97. The summed E-state index contributed by atoms with van der Waals surface area (Å²) < 4.78 is 19.8. The van der Waals surface area contributed by atoms with Crippen molar-refractivity contribution in [3.05, 3.63) is 35.6 Å². The molecule has 25 heavy (non-hydrogen) atoms. The van der Waals surface area contributed by atoms with E-state index in [-0.39, 0.29) is 17.8 Å². The predicted molar refractivity (Wildman–Crippen MR) is 92.6 cm³/mol. The number of rotatable bonds is 4. The Morgan fingerprint density at radius 2 is 1.88 bits per heavy atom. The summed E-state index contributed by atoms with van der Waals surface area (Å²) in [6, 6.07) is 7.24. The van der Waals surface area contributed by atoms with Crippen molar-refractivity contribution in [1.82, 2.24) is 15.5 Å². The number of morpholine rings is 1. The van der Waals surface area contributed by atoms with E-state index >= 15 is 0 Å². The van der Waals surface area contributed by atoms with Crippen LogP contribution in [-0.2, 0) is 9.53 Å². The third-order valence-corrected chi connectivity index (χ3v) is 5.68. The largest absolute Gasteiger partial charge is 0.379 e. The molecule has 2 N–H and O–H groups in total. The first kappa shape index (κ1) is 16.9. The number of carbonyl (C=O) groups excluding carboxylic acids is 1. The first-order valence-electron chi connectivity index (χ1n) is 9.33. The normalized spacial score (nSPS) is 30.8. The molecule has 3 fully saturated rings. The van der Waals surface area contributed by atoms with Gasteiger partial charge in [-0.15, -0.1) is 0 Å². The Bertz CT molecular complexity index is 608. The Hall–Kier alpha value is -1.50. The minimum absolute atomic E-state index is 0.0849. The average Bonchev–Trinajstić information content (AvgIpc) is 2.96. The Morgan fingerprint density at radius 1 is 1.20 bits per heavy atom. The summed E-state index contributed by atoms with van der Waals surface area (Å²) in [5.74, 6) is -0.405. The van der Waals surface area contributed by atoms with Crippen molar-refractivity contribution in [2.24, 2.45) is 0 Å². The number of fused-ring (bicyclic) bond motifs is 2. The molecule has 3 saturated heterocycles. The van der Waals surface area contributed by atoms with E-state index in [0.29, 0.717) is 44.0 Å². The SMILES string of the molecule is O=C(NC1CC2CCC(C1)N2)C(c1ccccc1F)N1CCOCC1. The van der Waals surface area contributed by atoms with Crippen molar-refractivity contribution in [2.45, 2.75) is 49.9 Å². The van der Waals surface area contributed by atoms with E-state index in [2.05, 4.69) is 10.6 Å². The molecule has 0 aromatic heterocycles. The van der Waals surface area contributed by atoms with Crippen LogP contribution < -0.4 is 10.6 Å². The van der Waals surface area contributed by atoms with Crippen LogP contribution in [0.5, 0.6) is 0 Å². The van der Waals surface area contributed by atoms with E-state index in [1.165, 1.54) is 18.9 Å². The molecule has 3 heterocycles. The summed E-state index contributed by atoms with van der Waals surface area (Å²) in [6.07, 6.45) is 4.32. The van der Waals surface area contributed by atoms with Gasteiger partial charge in [0, 0.05) is 36.8 Å². The number of hydrogen-bond donors (Lipinski definition) is 2. The Labute approximate surface area is 147 Å². The molecule has 5 nitrogen and oxygen atoms in total. The maximum Gasteiger partial charge on any atom is 0.242 e. The molecule has 0 spiro atoms. The van der Waals surface area contributed by atoms with Crippen LogP contribution in [0.1, 0.15) is 37.3 Å². The number of nitrogens with zero attached hydrogens (tertiary/aromatic N) is 1. The van der Waals surface area contributed by atoms with Gasteiger partial charge in [0.15, 0.2) is 0 Å². The molecule has 3 unspecified atom stereocenters. The van der Waals surface area contributed by atoms with Crippen LogP contribution >= 0.6 is 0 Å². The number of carbonyl (C=O) groups is 1. The lowest BCUT2D eigenvalue weighted by Gasteiger charge is -2.36. The standard InChI is InChI=1S/C19H26FN3O2/c20-17-4-2-1-3-16(17)18(23-7-9-25-10-8-23)19(24)22-15-11-13-5-6-14(12-15)21-13/h1-4,13-15,18,21H,5-12H2,(H,22,24). The summed E-state index contributed by atoms with van der Waals surface area (Å²) in [5, 5.41) is 6.80. The monoisotopic (exact) mass is 347 g/mol. The number of halogens is 1. The minimum atomic E-state index is -0.586. The molecule has 3 atom stereocenters. The van der Waals surface area contributed by atoms with Gasteiger partial charge in [-0.1, -0.05) is 18.2 Å². The Kier molecular flexibility index (Phi) is 5.01. The minimum Gasteiger partial charge on any atom is -0.379 e. The zero-order chi connectivity index (χ0) is 17.2. The number of nitrogens with one attached hydrogen (secondary N) is 2. The highest BCUT2D eigenvalue weighted by molar-refractivity contribution is 5.83. The zero-order valence-corrected chi connectivity index (χ0v) is 14.4. The van der Waals surface area contributed by atoms with Crippen LogP contribution in [0, 0.1) is 5.82 Å². The van der Waals surface area contributed by atoms with Gasteiger partial charge in [-0.2, -0.15) is 0 Å². The van der Waals surface area contributed by atoms with Crippen LogP contribution in [-0.4, -0.2) is 55.2 Å². The first-order valence-corrected chi connectivity index (χ1v) is 9.33. The van der Waals surface area contributed by atoms with Crippen LogP contribution in [0.25, 0.3) is 0 Å². The molecule has 1 amide bonds. The van der Waals surface area contributed by atoms with Gasteiger partial charge in [0.2, 0.25) is 5.91 Å². The smallest absolute Gasteiger partial charge is 0.242 e. The third kappa shape index (κ3) is 3.71. The average molecular weight is 347 g/mol. The Balaban J connectivity index is 1.52. The summed E-state index contributed by atoms with van der Waals surface area (Å²) in [5.41, 5.74) is 0.457. The lowest BCUT2D eigenvalue weighted by Crippen LogP contribution is -2.52. The van der Waals surface area contributed by atoms with Gasteiger partial charge >= 0.3 is 0 Å². The highest BCUT2D eigenvalue weighted by atomic mass is 19.1. The fourth-order valence-electron chi connectivity index (χ4n) is 4.49. The van der Waals surface area contributed by atoms with E-state index in [4.69, 9.17) is 4.74 Å². The highest BCUT2D eigenvalue weighted by Crippen LogP contribution is 2.29. The number of ether oxygens (including phenoxy) is 1. The quantitative estimate of drug-likeness (QED) is 0.869. The van der Waals surface area contributed by atoms with Gasteiger partial charge in [0.1, 0.15) is 11.9 Å². The summed E-state index contributed by atoms with van der Waals surface area (Å²) in [4.78, 5) is 15.2.